The number of fused-ring (bicyclic) bond motifs is 1. The number of benzene rings is 1. The van der Waals surface area contributed by atoms with Crippen molar-refractivity contribution in [2.24, 2.45) is 0 Å². The molecule has 0 fully saturated rings. The van der Waals surface area contributed by atoms with Gasteiger partial charge < -0.3 is 5.73 Å². The summed E-state index contributed by atoms with van der Waals surface area (Å²) >= 11 is 5.82. The minimum atomic E-state index is 0.433. The fourth-order valence-corrected chi connectivity index (χ4v) is 1.86. The van der Waals surface area contributed by atoms with E-state index in [1.807, 2.05) is 36.5 Å². The number of nitrogens with zero attached hydrogens (tertiary/aromatic N) is 3. The highest BCUT2D eigenvalue weighted by atomic mass is 35.5. The van der Waals surface area contributed by atoms with E-state index in [1.165, 1.54) is 0 Å². The zero-order valence-corrected chi connectivity index (χ0v) is 9.59. The quantitative estimate of drug-likeness (QED) is 0.670. The molecule has 3 aromatic rings. The molecule has 0 saturated carbocycles. The minimum absolute atomic E-state index is 0.433. The van der Waals surface area contributed by atoms with Crippen molar-refractivity contribution in [3.63, 3.8) is 0 Å². The standard InChI is InChI=1S/C12H9ClN4/c13-11-5-6-12-15-10(7-17(12)16-11)8-3-1-2-4-9(8)14/h1-7H,14H2. The van der Waals surface area contributed by atoms with Crippen LogP contribution < -0.4 is 5.73 Å². The van der Waals surface area contributed by atoms with Gasteiger partial charge in [0.15, 0.2) is 5.65 Å². The van der Waals surface area contributed by atoms with Crippen LogP contribution in [0, 0.1) is 0 Å². The molecule has 2 aromatic heterocycles. The summed E-state index contributed by atoms with van der Waals surface area (Å²) in [5, 5.41) is 4.56. The van der Waals surface area contributed by atoms with Crippen LogP contribution >= 0.6 is 11.6 Å². The van der Waals surface area contributed by atoms with Crippen molar-refractivity contribution < 1.29 is 0 Å². The first-order valence-corrected chi connectivity index (χ1v) is 5.48. The molecule has 0 spiro atoms. The maximum Gasteiger partial charge on any atom is 0.154 e. The van der Waals surface area contributed by atoms with Crippen molar-refractivity contribution >= 4 is 22.9 Å². The molecule has 0 atom stereocenters. The number of para-hydroxylation sites is 1. The van der Waals surface area contributed by atoms with E-state index in [9.17, 15) is 0 Å². The van der Waals surface area contributed by atoms with Gasteiger partial charge >= 0.3 is 0 Å². The van der Waals surface area contributed by atoms with Gasteiger partial charge in [-0.05, 0) is 18.2 Å². The number of nitrogens with two attached hydrogens (primary N) is 1. The Kier molecular flexibility index (Phi) is 2.23. The van der Waals surface area contributed by atoms with Crippen molar-refractivity contribution in [1.29, 1.82) is 0 Å². The molecule has 4 nitrogen and oxygen atoms in total. The molecule has 5 heteroatoms. The van der Waals surface area contributed by atoms with Gasteiger partial charge in [0.05, 0.1) is 11.9 Å². The maximum atomic E-state index is 5.91. The van der Waals surface area contributed by atoms with Crippen LogP contribution in [0.2, 0.25) is 5.15 Å². The zero-order valence-electron chi connectivity index (χ0n) is 8.84. The van der Waals surface area contributed by atoms with E-state index in [0.717, 1.165) is 16.9 Å². The van der Waals surface area contributed by atoms with Gasteiger partial charge in [-0.25, -0.2) is 9.50 Å². The highest BCUT2D eigenvalue weighted by Crippen LogP contribution is 2.24. The normalized spacial score (nSPS) is 10.9. The van der Waals surface area contributed by atoms with Crippen LogP contribution in [-0.2, 0) is 0 Å². The summed E-state index contributed by atoms with van der Waals surface area (Å²) in [7, 11) is 0. The van der Waals surface area contributed by atoms with Crippen molar-refractivity contribution in [2.75, 3.05) is 5.73 Å². The molecule has 0 aliphatic carbocycles. The summed E-state index contributed by atoms with van der Waals surface area (Å²) in [6, 6.07) is 11.1. The number of halogens is 1. The second-order valence-corrected chi connectivity index (χ2v) is 4.06. The van der Waals surface area contributed by atoms with Crippen LogP contribution in [0.4, 0.5) is 5.69 Å². The molecule has 2 heterocycles. The number of anilines is 1. The van der Waals surface area contributed by atoms with Crippen molar-refractivity contribution in [1.82, 2.24) is 14.6 Å². The number of nitrogen functional groups attached to an aromatic ring is 1. The molecule has 0 aliphatic rings. The second-order valence-electron chi connectivity index (χ2n) is 3.67. The number of rotatable bonds is 1. The van der Waals surface area contributed by atoms with Crippen LogP contribution in [0.25, 0.3) is 16.9 Å². The Morgan fingerprint density at radius 2 is 1.94 bits per heavy atom. The Labute approximate surface area is 103 Å². The Morgan fingerprint density at radius 1 is 1.12 bits per heavy atom. The molecule has 0 radical (unpaired) electrons. The number of aromatic nitrogens is 3. The van der Waals surface area contributed by atoms with Crippen molar-refractivity contribution in [3.05, 3.63) is 47.7 Å². The number of hydrogen-bond acceptors (Lipinski definition) is 3. The van der Waals surface area contributed by atoms with Crippen molar-refractivity contribution in [2.45, 2.75) is 0 Å². The average molecular weight is 245 g/mol. The predicted molar refractivity (Wildman–Crippen MR) is 67.8 cm³/mol. The molecule has 0 aliphatic heterocycles. The topological polar surface area (TPSA) is 56.2 Å². The van der Waals surface area contributed by atoms with Crippen LogP contribution in [0.3, 0.4) is 0 Å². The molecule has 0 unspecified atom stereocenters. The SMILES string of the molecule is Nc1ccccc1-c1cn2nc(Cl)ccc2n1. The first kappa shape index (κ1) is 10.1. The minimum Gasteiger partial charge on any atom is -0.398 e. The molecular formula is C12H9ClN4. The van der Waals surface area contributed by atoms with Gasteiger partial charge in [0, 0.05) is 11.3 Å². The van der Waals surface area contributed by atoms with Crippen LogP contribution in [0.1, 0.15) is 0 Å². The highest BCUT2D eigenvalue weighted by Gasteiger charge is 2.07. The molecular weight excluding hydrogens is 236 g/mol. The van der Waals surface area contributed by atoms with Crippen LogP contribution in [0.15, 0.2) is 42.6 Å². The fraction of sp³-hybridized carbons (Fsp3) is 0. The first-order chi connectivity index (χ1) is 8.24. The molecule has 0 bridgehead atoms. The van der Waals surface area contributed by atoms with Gasteiger partial charge in [-0.3, -0.25) is 0 Å². The molecule has 0 amide bonds. The average Bonchev–Trinajstić information content (AvgIpc) is 2.72. The molecule has 3 rings (SSSR count). The Balaban J connectivity index is 2.22. The van der Waals surface area contributed by atoms with Gasteiger partial charge in [0.2, 0.25) is 0 Å². The lowest BCUT2D eigenvalue weighted by molar-refractivity contribution is 0.937. The number of imidazole rings is 1. The third-order valence-corrected chi connectivity index (χ3v) is 2.73. The van der Waals surface area contributed by atoms with Gasteiger partial charge in [-0.15, -0.1) is 0 Å². The fourth-order valence-electron chi connectivity index (χ4n) is 1.72. The van der Waals surface area contributed by atoms with E-state index < -0.39 is 0 Å². The lowest BCUT2D eigenvalue weighted by Crippen LogP contribution is -1.89. The van der Waals surface area contributed by atoms with E-state index in [2.05, 4.69) is 10.1 Å². The van der Waals surface area contributed by atoms with E-state index in [0.29, 0.717) is 10.8 Å². The molecule has 17 heavy (non-hydrogen) atoms. The van der Waals surface area contributed by atoms with Gasteiger partial charge in [0.1, 0.15) is 5.15 Å². The van der Waals surface area contributed by atoms with Gasteiger partial charge in [-0.2, -0.15) is 5.10 Å². The number of hydrogen-bond donors (Lipinski definition) is 1. The zero-order chi connectivity index (χ0) is 11.8. The third kappa shape index (κ3) is 1.72. The Morgan fingerprint density at radius 3 is 2.76 bits per heavy atom. The van der Waals surface area contributed by atoms with Crippen molar-refractivity contribution in [3.8, 4) is 11.3 Å². The Hall–Kier alpha value is -2.07. The van der Waals surface area contributed by atoms with Gasteiger partial charge in [0.25, 0.3) is 0 Å². The third-order valence-electron chi connectivity index (χ3n) is 2.52. The Bertz CT molecular complexity index is 690. The lowest BCUT2D eigenvalue weighted by Gasteiger charge is -1.99. The van der Waals surface area contributed by atoms with Crippen LogP contribution in [0.5, 0.6) is 0 Å². The van der Waals surface area contributed by atoms with E-state index in [1.54, 1.807) is 10.6 Å². The van der Waals surface area contributed by atoms with E-state index in [-0.39, 0.29) is 0 Å². The predicted octanol–water partition coefficient (Wildman–Crippen LogP) is 2.63. The molecule has 2 N–H and O–H groups in total. The second kappa shape index (κ2) is 3.75. The van der Waals surface area contributed by atoms with Crippen LogP contribution in [-0.4, -0.2) is 14.6 Å². The molecule has 1 aromatic carbocycles. The summed E-state index contributed by atoms with van der Waals surface area (Å²) in [5.41, 5.74) is 9.04. The largest absolute Gasteiger partial charge is 0.398 e. The highest BCUT2D eigenvalue weighted by molar-refractivity contribution is 6.29. The first-order valence-electron chi connectivity index (χ1n) is 5.11. The monoisotopic (exact) mass is 244 g/mol. The van der Waals surface area contributed by atoms with E-state index >= 15 is 0 Å². The summed E-state index contributed by atoms with van der Waals surface area (Å²) in [6.45, 7) is 0. The van der Waals surface area contributed by atoms with E-state index in [4.69, 9.17) is 17.3 Å². The summed E-state index contributed by atoms with van der Waals surface area (Å²) in [4.78, 5) is 4.45. The molecule has 0 saturated heterocycles. The molecule has 84 valence electrons. The maximum absolute atomic E-state index is 5.91. The smallest absolute Gasteiger partial charge is 0.154 e. The lowest BCUT2D eigenvalue weighted by atomic mass is 10.1. The summed E-state index contributed by atoms with van der Waals surface area (Å²) < 4.78 is 1.64. The van der Waals surface area contributed by atoms with Gasteiger partial charge in [-0.1, -0.05) is 29.8 Å². The summed E-state index contributed by atoms with van der Waals surface area (Å²) in [6.07, 6.45) is 1.81. The summed E-state index contributed by atoms with van der Waals surface area (Å²) in [5.74, 6) is 0.